The summed E-state index contributed by atoms with van der Waals surface area (Å²) in [7, 11) is 0. The van der Waals surface area contributed by atoms with Crippen molar-refractivity contribution >= 4 is 0 Å². The number of nitrogens with zero attached hydrogens (tertiary/aromatic N) is 1. The molecule has 33 heavy (non-hydrogen) atoms. The topological polar surface area (TPSA) is 30.9 Å². The largest absolute Gasteiger partial charge is 0.369 e. The third kappa shape index (κ3) is 7.11. The second kappa shape index (κ2) is 12.5. The highest BCUT2D eigenvalue weighted by molar-refractivity contribution is 5.15. The molecular formula is C29H33NO3. The van der Waals surface area contributed by atoms with E-state index in [1.807, 2.05) is 60.7 Å². The van der Waals surface area contributed by atoms with Crippen molar-refractivity contribution < 1.29 is 14.2 Å². The van der Waals surface area contributed by atoms with Gasteiger partial charge in [0.15, 0.2) is 0 Å². The van der Waals surface area contributed by atoms with Crippen LogP contribution in [-0.2, 0) is 34.0 Å². The van der Waals surface area contributed by atoms with Crippen molar-refractivity contribution in [3.63, 3.8) is 0 Å². The Morgan fingerprint density at radius 2 is 1.03 bits per heavy atom. The van der Waals surface area contributed by atoms with Crippen molar-refractivity contribution in [1.29, 1.82) is 0 Å². The zero-order chi connectivity index (χ0) is 22.7. The van der Waals surface area contributed by atoms with Gasteiger partial charge in [-0.1, -0.05) is 97.1 Å². The maximum absolute atomic E-state index is 6.50. The molecule has 172 valence electrons. The van der Waals surface area contributed by atoms with Crippen LogP contribution < -0.4 is 0 Å². The van der Waals surface area contributed by atoms with Gasteiger partial charge in [0.2, 0.25) is 0 Å². The molecule has 4 nitrogen and oxygen atoms in total. The molecule has 0 unspecified atom stereocenters. The minimum Gasteiger partial charge on any atom is -0.369 e. The van der Waals surface area contributed by atoms with E-state index in [4.69, 9.17) is 14.2 Å². The summed E-state index contributed by atoms with van der Waals surface area (Å²) in [5.41, 5.74) is 3.46. The molecule has 3 aromatic carbocycles. The normalized spacial score (nSPS) is 19.4. The zero-order valence-corrected chi connectivity index (χ0v) is 19.1. The molecule has 0 spiro atoms. The molecule has 0 amide bonds. The van der Waals surface area contributed by atoms with Crippen molar-refractivity contribution in [3.8, 4) is 0 Å². The quantitative estimate of drug-likeness (QED) is 0.379. The van der Waals surface area contributed by atoms with Crippen LogP contribution in [0.2, 0.25) is 0 Å². The molecule has 1 aliphatic rings. The van der Waals surface area contributed by atoms with Crippen LogP contribution in [0.15, 0.2) is 104 Å². The van der Waals surface area contributed by atoms with Crippen molar-refractivity contribution in [1.82, 2.24) is 4.90 Å². The Hall–Kier alpha value is -2.76. The number of hydrogen-bond donors (Lipinski definition) is 0. The molecular weight excluding hydrogens is 410 g/mol. The van der Waals surface area contributed by atoms with Gasteiger partial charge in [0.25, 0.3) is 0 Å². The van der Waals surface area contributed by atoms with Crippen LogP contribution in [0.3, 0.4) is 0 Å². The van der Waals surface area contributed by atoms with Gasteiger partial charge in [0.1, 0.15) is 6.10 Å². The van der Waals surface area contributed by atoms with Gasteiger partial charge < -0.3 is 14.2 Å². The third-order valence-electron chi connectivity index (χ3n) is 5.90. The molecule has 0 bridgehead atoms. The van der Waals surface area contributed by atoms with E-state index < -0.39 is 0 Å². The molecule has 2 atom stereocenters. The fourth-order valence-corrected chi connectivity index (χ4v) is 4.19. The van der Waals surface area contributed by atoms with E-state index in [-0.39, 0.29) is 18.3 Å². The van der Waals surface area contributed by atoms with Crippen LogP contribution in [0.5, 0.6) is 0 Å². The van der Waals surface area contributed by atoms with Crippen LogP contribution in [0.25, 0.3) is 0 Å². The molecule has 3 aromatic rings. The van der Waals surface area contributed by atoms with Crippen molar-refractivity contribution in [3.05, 3.63) is 120 Å². The molecule has 1 saturated heterocycles. The second-order valence-corrected chi connectivity index (χ2v) is 8.44. The molecule has 0 radical (unpaired) electrons. The number of hydrogen-bond acceptors (Lipinski definition) is 4. The average molecular weight is 444 g/mol. The summed E-state index contributed by atoms with van der Waals surface area (Å²) < 4.78 is 19.4. The average Bonchev–Trinajstić information content (AvgIpc) is 2.87. The van der Waals surface area contributed by atoms with E-state index in [0.717, 1.165) is 36.3 Å². The van der Waals surface area contributed by atoms with Crippen LogP contribution in [0.4, 0.5) is 0 Å². The number of ether oxygens (including phenoxy) is 3. The van der Waals surface area contributed by atoms with Crippen LogP contribution in [0.1, 0.15) is 16.7 Å². The Kier molecular flexibility index (Phi) is 8.84. The van der Waals surface area contributed by atoms with Gasteiger partial charge in [0, 0.05) is 19.6 Å². The van der Waals surface area contributed by atoms with Crippen LogP contribution in [-0.4, -0.2) is 42.8 Å². The van der Waals surface area contributed by atoms with Crippen molar-refractivity contribution in [2.45, 2.75) is 38.1 Å². The van der Waals surface area contributed by atoms with Gasteiger partial charge in [-0.2, -0.15) is 0 Å². The molecule has 1 heterocycles. The summed E-state index contributed by atoms with van der Waals surface area (Å²) in [4.78, 5) is 2.33. The van der Waals surface area contributed by atoms with E-state index in [1.54, 1.807) is 0 Å². The fraction of sp³-hybridized carbons (Fsp3) is 0.310. The minimum absolute atomic E-state index is 0.108. The lowest BCUT2D eigenvalue weighted by molar-refractivity contribution is -0.183. The van der Waals surface area contributed by atoms with Crippen LogP contribution in [0, 0.1) is 0 Å². The Morgan fingerprint density at radius 1 is 0.636 bits per heavy atom. The highest BCUT2D eigenvalue weighted by atomic mass is 16.6. The fourth-order valence-electron chi connectivity index (χ4n) is 4.19. The first-order chi connectivity index (χ1) is 16.3. The SMILES string of the molecule is C=CCN1C[C@@H](OCc2ccccc2)C(OCc2ccccc2)[C@H](OCc2ccccc2)C1. The summed E-state index contributed by atoms with van der Waals surface area (Å²) in [5.74, 6) is 0. The number of benzene rings is 3. The van der Waals surface area contributed by atoms with Crippen LogP contribution >= 0.6 is 0 Å². The molecule has 1 fully saturated rings. The van der Waals surface area contributed by atoms with Gasteiger partial charge in [-0.25, -0.2) is 0 Å². The number of piperidine rings is 1. The molecule has 0 aliphatic carbocycles. The van der Waals surface area contributed by atoms with Gasteiger partial charge in [-0.15, -0.1) is 6.58 Å². The smallest absolute Gasteiger partial charge is 0.113 e. The van der Waals surface area contributed by atoms with Crippen molar-refractivity contribution in [2.24, 2.45) is 0 Å². The Morgan fingerprint density at radius 3 is 1.42 bits per heavy atom. The lowest BCUT2D eigenvalue weighted by atomic mass is 10.0. The highest BCUT2D eigenvalue weighted by Crippen LogP contribution is 2.24. The first-order valence-electron chi connectivity index (χ1n) is 11.6. The summed E-state index contributed by atoms with van der Waals surface area (Å²) in [6.07, 6.45) is 1.55. The van der Waals surface area contributed by atoms with E-state index in [1.165, 1.54) is 0 Å². The molecule has 1 aliphatic heterocycles. The van der Waals surface area contributed by atoms with Gasteiger partial charge >= 0.3 is 0 Å². The predicted molar refractivity (Wildman–Crippen MR) is 132 cm³/mol. The molecule has 0 saturated carbocycles. The monoisotopic (exact) mass is 443 g/mol. The summed E-state index contributed by atoms with van der Waals surface area (Å²) in [6.45, 7) is 7.91. The predicted octanol–water partition coefficient (Wildman–Crippen LogP) is 5.24. The van der Waals surface area contributed by atoms with E-state index in [2.05, 4.69) is 47.9 Å². The van der Waals surface area contributed by atoms with E-state index in [0.29, 0.717) is 19.8 Å². The lowest BCUT2D eigenvalue weighted by Gasteiger charge is -2.43. The third-order valence-corrected chi connectivity index (χ3v) is 5.90. The van der Waals surface area contributed by atoms with E-state index >= 15 is 0 Å². The molecule has 0 N–H and O–H groups in total. The number of rotatable bonds is 11. The van der Waals surface area contributed by atoms with Gasteiger partial charge in [0.05, 0.1) is 32.0 Å². The number of likely N-dealkylation sites (tertiary alicyclic amines) is 1. The summed E-state index contributed by atoms with van der Waals surface area (Å²) in [5, 5.41) is 0. The Bertz CT molecular complexity index is 895. The summed E-state index contributed by atoms with van der Waals surface area (Å²) in [6, 6.07) is 30.9. The minimum atomic E-state index is -0.168. The maximum atomic E-state index is 6.50. The first-order valence-corrected chi connectivity index (χ1v) is 11.6. The standard InChI is InChI=1S/C29H33NO3/c1-2-18-30-19-27(31-21-24-12-6-3-7-13-24)29(33-23-26-16-10-5-11-17-26)28(20-30)32-22-25-14-8-4-9-15-25/h2-17,27-29H,1,18-23H2/t27-,28-/m1/s1. The zero-order valence-electron chi connectivity index (χ0n) is 19.1. The molecule has 4 heteroatoms. The Balaban J connectivity index is 1.50. The van der Waals surface area contributed by atoms with Gasteiger partial charge in [-0.3, -0.25) is 4.90 Å². The maximum Gasteiger partial charge on any atom is 0.113 e. The molecule has 4 rings (SSSR count). The summed E-state index contributed by atoms with van der Waals surface area (Å²) >= 11 is 0. The lowest BCUT2D eigenvalue weighted by Crippen LogP contribution is -2.58. The highest BCUT2D eigenvalue weighted by Gasteiger charge is 2.39. The van der Waals surface area contributed by atoms with Crippen molar-refractivity contribution in [2.75, 3.05) is 19.6 Å². The Labute approximate surface area is 197 Å². The van der Waals surface area contributed by atoms with E-state index in [9.17, 15) is 0 Å². The van der Waals surface area contributed by atoms with Gasteiger partial charge in [-0.05, 0) is 16.7 Å². The molecule has 0 aromatic heterocycles. The second-order valence-electron chi connectivity index (χ2n) is 8.44. The first kappa shape index (κ1) is 23.4.